The fourth-order valence-corrected chi connectivity index (χ4v) is 4.32. The lowest BCUT2D eigenvalue weighted by Gasteiger charge is -2.22. The van der Waals surface area contributed by atoms with E-state index in [1.807, 2.05) is 17.5 Å². The minimum Gasteiger partial charge on any atom is -0.346 e. The molecule has 1 N–H and O–H groups in total. The summed E-state index contributed by atoms with van der Waals surface area (Å²) >= 11 is 1.63. The van der Waals surface area contributed by atoms with Crippen molar-refractivity contribution in [2.75, 3.05) is 19.6 Å². The topological polar surface area (TPSA) is 45.2 Å². The maximum absolute atomic E-state index is 12.4. The first-order chi connectivity index (χ1) is 10.2. The number of nitrogens with zero attached hydrogens (tertiary/aromatic N) is 2. The molecule has 0 radical (unpaired) electrons. The number of fused-ring (bicyclic) bond motifs is 3. The summed E-state index contributed by atoms with van der Waals surface area (Å²) in [5, 5.41) is 6.26. The molecule has 0 aromatic carbocycles. The Morgan fingerprint density at radius 3 is 3.14 bits per heavy atom. The summed E-state index contributed by atoms with van der Waals surface area (Å²) in [6, 6.07) is 2.16. The molecule has 2 fully saturated rings. The minimum absolute atomic E-state index is 0.0585. The summed E-state index contributed by atoms with van der Waals surface area (Å²) in [5.41, 5.74) is 1.57. The third-order valence-corrected chi connectivity index (χ3v) is 5.54. The van der Waals surface area contributed by atoms with Gasteiger partial charge in [0.05, 0.1) is 4.70 Å². The van der Waals surface area contributed by atoms with Gasteiger partial charge in [0.15, 0.2) is 0 Å². The Morgan fingerprint density at radius 2 is 2.43 bits per heavy atom. The maximum atomic E-state index is 12.4. The molecule has 2 bridgehead atoms. The van der Waals surface area contributed by atoms with Crippen LogP contribution in [0.25, 0.3) is 16.2 Å². The summed E-state index contributed by atoms with van der Waals surface area (Å²) in [7, 11) is 0. The molecule has 5 heteroatoms. The first-order valence-electron chi connectivity index (χ1n) is 7.27. The molecule has 2 aliphatic rings. The van der Waals surface area contributed by atoms with Crippen molar-refractivity contribution in [1.82, 2.24) is 15.2 Å². The maximum Gasteiger partial charge on any atom is 0.270 e. The monoisotopic (exact) mass is 299 g/mol. The second-order valence-electron chi connectivity index (χ2n) is 5.85. The first-order valence-corrected chi connectivity index (χ1v) is 8.15. The van der Waals surface area contributed by atoms with Gasteiger partial charge in [-0.15, -0.1) is 11.3 Å². The number of nitrogens with one attached hydrogen (secondary N) is 1. The van der Waals surface area contributed by atoms with Crippen LogP contribution in [0.15, 0.2) is 24.2 Å². The normalized spacial score (nSPS) is 27.1. The second-order valence-corrected chi connectivity index (χ2v) is 6.76. The van der Waals surface area contributed by atoms with Crippen LogP contribution in [0.1, 0.15) is 22.5 Å². The van der Waals surface area contributed by atoms with Crippen LogP contribution in [0.4, 0.5) is 0 Å². The molecule has 4 rings (SSSR count). The highest BCUT2D eigenvalue weighted by molar-refractivity contribution is 7.17. The Kier molecular flexibility index (Phi) is 3.05. The van der Waals surface area contributed by atoms with E-state index in [0.29, 0.717) is 11.6 Å². The number of carbonyl (C=O) groups is 1. The Balaban J connectivity index is 1.57. The zero-order valence-corrected chi connectivity index (χ0v) is 12.5. The lowest BCUT2D eigenvalue weighted by atomic mass is 10.00. The summed E-state index contributed by atoms with van der Waals surface area (Å²) in [5.74, 6) is 0.555. The Morgan fingerprint density at radius 1 is 1.52 bits per heavy atom. The van der Waals surface area contributed by atoms with E-state index in [1.54, 1.807) is 17.5 Å². The first kappa shape index (κ1) is 13.0. The van der Waals surface area contributed by atoms with E-state index >= 15 is 0 Å². The van der Waals surface area contributed by atoms with Gasteiger partial charge < -0.3 is 10.2 Å². The molecule has 2 aromatic rings. The van der Waals surface area contributed by atoms with E-state index in [4.69, 9.17) is 0 Å². The van der Waals surface area contributed by atoms with Gasteiger partial charge >= 0.3 is 0 Å². The van der Waals surface area contributed by atoms with E-state index in [0.717, 1.165) is 28.7 Å². The van der Waals surface area contributed by atoms with E-state index in [1.165, 1.54) is 13.0 Å². The predicted molar refractivity (Wildman–Crippen MR) is 85.5 cm³/mol. The van der Waals surface area contributed by atoms with E-state index in [9.17, 15) is 4.79 Å². The molecule has 3 unspecified atom stereocenters. The van der Waals surface area contributed by atoms with Gasteiger partial charge in [-0.2, -0.15) is 0 Å². The van der Waals surface area contributed by atoms with Crippen molar-refractivity contribution in [2.24, 2.45) is 5.92 Å². The molecule has 0 saturated carbocycles. The number of thiophene rings is 1. The zero-order chi connectivity index (χ0) is 14.4. The third kappa shape index (κ3) is 2.17. The van der Waals surface area contributed by atoms with Crippen molar-refractivity contribution in [1.29, 1.82) is 0 Å². The Bertz CT molecular complexity index is 723. The minimum atomic E-state index is -0.0585. The molecular formula is C16H17N3OS. The fourth-order valence-electron chi connectivity index (χ4n) is 3.42. The van der Waals surface area contributed by atoms with Gasteiger partial charge in [-0.25, -0.2) is 4.98 Å². The molecule has 108 valence electrons. The highest BCUT2D eigenvalue weighted by atomic mass is 32.1. The summed E-state index contributed by atoms with van der Waals surface area (Å²) < 4.78 is 1.09. The number of amides is 1. The van der Waals surface area contributed by atoms with E-state index < -0.39 is 0 Å². The predicted octanol–water partition coefficient (Wildman–Crippen LogP) is 2.37. The van der Waals surface area contributed by atoms with Gasteiger partial charge in [0.2, 0.25) is 0 Å². The highest BCUT2D eigenvalue weighted by Crippen LogP contribution is 2.29. The molecule has 2 saturated heterocycles. The van der Waals surface area contributed by atoms with Crippen LogP contribution < -0.4 is 5.32 Å². The van der Waals surface area contributed by atoms with Gasteiger partial charge in [-0.05, 0) is 35.9 Å². The average molecular weight is 299 g/mol. The van der Waals surface area contributed by atoms with E-state index in [-0.39, 0.29) is 11.9 Å². The van der Waals surface area contributed by atoms with Crippen molar-refractivity contribution in [3.63, 3.8) is 0 Å². The van der Waals surface area contributed by atoms with E-state index in [2.05, 4.69) is 21.8 Å². The summed E-state index contributed by atoms with van der Waals surface area (Å²) in [4.78, 5) is 19.2. The summed E-state index contributed by atoms with van der Waals surface area (Å²) in [6.45, 7) is 7.11. The van der Waals surface area contributed by atoms with Crippen molar-refractivity contribution >= 4 is 33.4 Å². The highest BCUT2D eigenvalue weighted by Gasteiger charge is 2.38. The smallest absolute Gasteiger partial charge is 0.270 e. The molecule has 4 nitrogen and oxygen atoms in total. The standard InChI is InChI=1S/C16H17N3OS/c1-2-10-9-21-15-6-17-13(5-12(10)15)16(20)18-14-8-19-4-3-11(14)7-19/h2,5-6,9,11,14H,1,3-4,7-8H2,(H,18,20). The average Bonchev–Trinajstić information content (AvgIpc) is 3.21. The van der Waals surface area contributed by atoms with Gasteiger partial charge in [-0.3, -0.25) is 4.79 Å². The molecular weight excluding hydrogens is 282 g/mol. The number of pyridine rings is 1. The van der Waals surface area contributed by atoms with Crippen LogP contribution in [0.5, 0.6) is 0 Å². The van der Waals surface area contributed by atoms with Crippen molar-refractivity contribution in [3.05, 3.63) is 35.5 Å². The third-order valence-electron chi connectivity index (χ3n) is 4.59. The quantitative estimate of drug-likeness (QED) is 0.946. The lowest BCUT2D eigenvalue weighted by Crippen LogP contribution is -2.43. The van der Waals surface area contributed by atoms with Crippen LogP contribution >= 0.6 is 11.3 Å². The molecule has 2 aliphatic heterocycles. The number of aromatic nitrogens is 1. The Hall–Kier alpha value is -1.72. The van der Waals surface area contributed by atoms with Crippen LogP contribution in [0.2, 0.25) is 0 Å². The number of carbonyl (C=O) groups excluding carboxylic acids is 1. The molecule has 21 heavy (non-hydrogen) atoms. The van der Waals surface area contributed by atoms with Gasteiger partial charge in [0.25, 0.3) is 5.91 Å². The van der Waals surface area contributed by atoms with Crippen LogP contribution in [0, 0.1) is 5.92 Å². The van der Waals surface area contributed by atoms with Crippen LogP contribution in [-0.2, 0) is 0 Å². The molecule has 4 heterocycles. The molecule has 0 spiro atoms. The number of rotatable bonds is 3. The number of hydrogen-bond acceptors (Lipinski definition) is 4. The fraction of sp³-hybridized carbons (Fsp3) is 0.375. The molecule has 0 aliphatic carbocycles. The van der Waals surface area contributed by atoms with Gasteiger partial charge in [0, 0.05) is 30.7 Å². The molecule has 2 aromatic heterocycles. The van der Waals surface area contributed by atoms with Crippen molar-refractivity contribution in [2.45, 2.75) is 12.5 Å². The van der Waals surface area contributed by atoms with Gasteiger partial charge in [0.1, 0.15) is 5.69 Å². The lowest BCUT2D eigenvalue weighted by molar-refractivity contribution is 0.0919. The second kappa shape index (κ2) is 4.93. The van der Waals surface area contributed by atoms with Gasteiger partial charge in [-0.1, -0.05) is 12.7 Å². The van der Waals surface area contributed by atoms with Crippen LogP contribution in [-0.4, -0.2) is 41.5 Å². The largest absolute Gasteiger partial charge is 0.346 e. The Labute approximate surface area is 127 Å². The number of piperidine rings is 1. The SMILES string of the molecule is C=Cc1csc2cnc(C(=O)NC3CN4CCC3C4)cc12. The molecule has 1 amide bonds. The summed E-state index contributed by atoms with van der Waals surface area (Å²) in [6.07, 6.45) is 4.80. The van der Waals surface area contributed by atoms with Crippen molar-refractivity contribution < 1.29 is 4.79 Å². The van der Waals surface area contributed by atoms with Crippen LogP contribution in [0.3, 0.4) is 0 Å². The van der Waals surface area contributed by atoms with Crippen molar-refractivity contribution in [3.8, 4) is 0 Å². The number of hydrogen-bond donors (Lipinski definition) is 1. The zero-order valence-electron chi connectivity index (χ0n) is 11.7. The molecule has 3 atom stereocenters.